The van der Waals surface area contributed by atoms with Gasteiger partial charge in [-0.3, -0.25) is 0 Å². The highest BCUT2D eigenvalue weighted by atomic mass is 32.2. The van der Waals surface area contributed by atoms with Crippen molar-refractivity contribution in [3.63, 3.8) is 0 Å². The lowest BCUT2D eigenvalue weighted by Gasteiger charge is -2.24. The van der Waals surface area contributed by atoms with Gasteiger partial charge >= 0.3 is 0 Å². The second kappa shape index (κ2) is 10.2. The molecule has 0 aliphatic carbocycles. The van der Waals surface area contributed by atoms with Crippen LogP contribution in [0.1, 0.15) is 11.1 Å². The van der Waals surface area contributed by atoms with Crippen molar-refractivity contribution < 1.29 is 0 Å². The van der Waals surface area contributed by atoms with Crippen LogP contribution in [-0.2, 0) is 0 Å². The predicted octanol–water partition coefficient (Wildman–Crippen LogP) is 5.81. The molecular formula is C28H25BS. The van der Waals surface area contributed by atoms with Crippen LogP contribution in [0.3, 0.4) is 0 Å². The summed E-state index contributed by atoms with van der Waals surface area (Å²) in [7, 11) is 0. The smallest absolute Gasteiger partial charge is 0.161 e. The summed E-state index contributed by atoms with van der Waals surface area (Å²) in [5.74, 6) is 0.963. The van der Waals surface area contributed by atoms with E-state index in [2.05, 4.69) is 128 Å². The first kappa shape index (κ1) is 20.3. The molecule has 4 aromatic carbocycles. The molecule has 146 valence electrons. The van der Waals surface area contributed by atoms with Crippen molar-refractivity contribution >= 4 is 40.4 Å². The van der Waals surface area contributed by atoms with E-state index >= 15 is 0 Å². The van der Waals surface area contributed by atoms with Crippen molar-refractivity contribution in [3.05, 3.63) is 132 Å². The lowest BCUT2D eigenvalue weighted by Crippen LogP contribution is -2.44. The van der Waals surface area contributed by atoms with E-state index in [1.165, 1.54) is 33.1 Å². The van der Waals surface area contributed by atoms with Gasteiger partial charge in [0.15, 0.2) is 0 Å². The zero-order valence-electron chi connectivity index (χ0n) is 17.2. The fourth-order valence-electron chi connectivity index (χ4n) is 4.05. The van der Waals surface area contributed by atoms with E-state index in [9.17, 15) is 0 Å². The molecule has 0 amide bonds. The molecule has 2 heteroatoms. The quantitative estimate of drug-likeness (QED) is 0.277. The molecule has 0 spiro atoms. The number of benzene rings is 4. The molecule has 0 bridgehead atoms. The van der Waals surface area contributed by atoms with Crippen LogP contribution >= 0.6 is 11.8 Å². The van der Waals surface area contributed by atoms with Crippen LogP contribution in [-0.4, -0.2) is 18.7 Å². The highest BCUT2D eigenvalue weighted by molar-refractivity contribution is 7.99. The highest BCUT2D eigenvalue weighted by Gasteiger charge is 2.28. The molecule has 4 rings (SSSR count). The van der Waals surface area contributed by atoms with Gasteiger partial charge in [0.25, 0.3) is 0 Å². The summed E-state index contributed by atoms with van der Waals surface area (Å²) in [6, 6.07) is 43.5. The van der Waals surface area contributed by atoms with E-state index < -0.39 is 0 Å². The van der Waals surface area contributed by atoms with E-state index in [1.54, 1.807) is 0 Å². The minimum atomic E-state index is 0.164. The van der Waals surface area contributed by atoms with E-state index in [4.69, 9.17) is 0 Å². The van der Waals surface area contributed by atoms with E-state index in [-0.39, 0.29) is 6.71 Å². The van der Waals surface area contributed by atoms with Crippen LogP contribution in [0.15, 0.2) is 121 Å². The average molecular weight is 404 g/mol. The first-order valence-corrected chi connectivity index (χ1v) is 11.7. The maximum atomic E-state index is 2.25. The number of thioether (sulfide) groups is 1. The lowest BCUT2D eigenvalue weighted by atomic mass is 9.34. The maximum Gasteiger partial charge on any atom is 0.242 e. The van der Waals surface area contributed by atoms with Crippen LogP contribution in [0.2, 0.25) is 0 Å². The Morgan fingerprint density at radius 3 is 1.40 bits per heavy atom. The Hall–Kier alpha value is -2.97. The van der Waals surface area contributed by atoms with Crippen molar-refractivity contribution in [3.8, 4) is 0 Å². The fourth-order valence-corrected chi connectivity index (χ4v) is 4.66. The summed E-state index contributed by atoms with van der Waals surface area (Å²) in [6.07, 6.45) is 2.19. The molecule has 4 aromatic rings. The summed E-state index contributed by atoms with van der Waals surface area (Å²) in [4.78, 5) is 0. The van der Waals surface area contributed by atoms with Crippen molar-refractivity contribution in [2.75, 3.05) is 12.0 Å². The molecule has 0 fully saturated rings. The Morgan fingerprint density at radius 1 is 0.567 bits per heavy atom. The van der Waals surface area contributed by atoms with Crippen molar-refractivity contribution in [1.82, 2.24) is 0 Å². The van der Waals surface area contributed by atoms with Crippen LogP contribution in [0.5, 0.6) is 0 Å². The molecule has 0 saturated carbocycles. The molecule has 0 atom stereocenters. The second-order valence-electron chi connectivity index (χ2n) is 7.31. The van der Waals surface area contributed by atoms with Crippen molar-refractivity contribution in [2.24, 2.45) is 0 Å². The summed E-state index contributed by atoms with van der Waals surface area (Å²) >= 11 is 1.88. The third-order valence-corrected chi connectivity index (χ3v) is 5.95. The molecule has 0 aliphatic heterocycles. The Kier molecular flexibility index (Phi) is 6.89. The summed E-state index contributed by atoms with van der Waals surface area (Å²) in [6.45, 7) is 0.164. The Labute approximate surface area is 184 Å². The van der Waals surface area contributed by atoms with Crippen LogP contribution in [0.4, 0.5) is 0 Å². The molecule has 0 aromatic heterocycles. The Balaban J connectivity index is 2.05. The molecule has 30 heavy (non-hydrogen) atoms. The monoisotopic (exact) mass is 404 g/mol. The third kappa shape index (κ3) is 4.61. The first-order chi connectivity index (χ1) is 14.9. The molecule has 0 saturated heterocycles. The zero-order valence-corrected chi connectivity index (χ0v) is 18.1. The minimum absolute atomic E-state index is 0.164. The standard InChI is InChI=1S/C28H25BS/c1-30-22-27(23-14-6-2-7-15-23)28(24-16-8-3-9-17-24)29(25-18-10-4-11-19-25)26-20-12-5-13-21-26/h2-21H,22H2,1H3/b28-27+. The number of rotatable bonds is 7. The molecule has 0 unspecified atom stereocenters. The van der Waals surface area contributed by atoms with Gasteiger partial charge in [-0.05, 0) is 23.0 Å². The average Bonchev–Trinajstić information content (AvgIpc) is 2.83. The molecule has 0 N–H and O–H groups in total. The summed E-state index contributed by atoms with van der Waals surface area (Å²) < 4.78 is 0. The van der Waals surface area contributed by atoms with Gasteiger partial charge in [-0.15, -0.1) is 0 Å². The predicted molar refractivity (Wildman–Crippen MR) is 136 cm³/mol. The highest BCUT2D eigenvalue weighted by Crippen LogP contribution is 2.31. The van der Waals surface area contributed by atoms with E-state index in [1.807, 2.05) is 11.8 Å². The van der Waals surface area contributed by atoms with Gasteiger partial charge in [0, 0.05) is 5.75 Å². The second-order valence-corrected chi connectivity index (χ2v) is 8.18. The topological polar surface area (TPSA) is 0 Å². The van der Waals surface area contributed by atoms with Crippen LogP contribution in [0, 0.1) is 0 Å². The van der Waals surface area contributed by atoms with Crippen molar-refractivity contribution in [2.45, 2.75) is 0 Å². The van der Waals surface area contributed by atoms with Gasteiger partial charge in [-0.2, -0.15) is 11.8 Å². The minimum Gasteiger partial charge on any atom is -0.161 e. The van der Waals surface area contributed by atoms with Gasteiger partial charge in [0.2, 0.25) is 6.71 Å². The molecule has 0 aliphatic rings. The lowest BCUT2D eigenvalue weighted by molar-refractivity contribution is 1.56. The molecule has 0 nitrogen and oxygen atoms in total. The number of hydrogen-bond donors (Lipinski definition) is 0. The molecule has 0 heterocycles. The zero-order chi connectivity index (χ0) is 20.6. The maximum absolute atomic E-state index is 2.25. The molecule has 0 radical (unpaired) electrons. The largest absolute Gasteiger partial charge is 0.242 e. The van der Waals surface area contributed by atoms with Crippen LogP contribution < -0.4 is 10.9 Å². The first-order valence-electron chi connectivity index (χ1n) is 10.3. The Bertz CT molecular complexity index is 1040. The number of hydrogen-bond acceptors (Lipinski definition) is 1. The van der Waals surface area contributed by atoms with Gasteiger partial charge in [-0.25, -0.2) is 0 Å². The van der Waals surface area contributed by atoms with Gasteiger partial charge < -0.3 is 0 Å². The Morgan fingerprint density at radius 2 is 0.967 bits per heavy atom. The fraction of sp³-hybridized carbons (Fsp3) is 0.0714. The summed E-state index contributed by atoms with van der Waals surface area (Å²) in [5, 5.41) is 0. The summed E-state index contributed by atoms with van der Waals surface area (Å²) in [5.41, 5.74) is 7.99. The van der Waals surface area contributed by atoms with E-state index in [0.717, 1.165) is 5.75 Å². The van der Waals surface area contributed by atoms with Crippen molar-refractivity contribution in [1.29, 1.82) is 0 Å². The molecular weight excluding hydrogens is 379 g/mol. The SMILES string of the molecule is CSC/C(=C(\B(c1ccccc1)c1ccccc1)c1ccccc1)c1ccccc1. The third-order valence-electron chi connectivity index (χ3n) is 5.38. The normalized spacial score (nSPS) is 11.6. The van der Waals surface area contributed by atoms with E-state index in [0.29, 0.717) is 0 Å². The van der Waals surface area contributed by atoms with Gasteiger partial charge in [-0.1, -0.05) is 138 Å². The van der Waals surface area contributed by atoms with Gasteiger partial charge in [0.05, 0.1) is 0 Å². The van der Waals surface area contributed by atoms with Crippen LogP contribution in [0.25, 0.3) is 11.0 Å². The van der Waals surface area contributed by atoms with Gasteiger partial charge in [0.1, 0.15) is 0 Å².